The molecule has 0 unspecified atom stereocenters. The highest BCUT2D eigenvalue weighted by Crippen LogP contribution is 2.41. The minimum Gasteiger partial charge on any atom is -0.490 e. The van der Waals surface area contributed by atoms with Gasteiger partial charge in [0.05, 0.1) is 22.5 Å². The highest BCUT2D eigenvalue weighted by atomic mass is 79.9. The number of fused-ring (bicyclic) bond motifs is 1. The molecule has 2 amide bonds. The molecule has 0 atom stereocenters. The zero-order chi connectivity index (χ0) is 28.4. The first kappa shape index (κ1) is 28.2. The maximum atomic E-state index is 13.2. The van der Waals surface area contributed by atoms with E-state index in [1.165, 1.54) is 29.2 Å². The molecule has 11 heteroatoms. The van der Waals surface area contributed by atoms with Crippen LogP contribution in [0.25, 0.3) is 16.8 Å². The Labute approximate surface area is 249 Å². The molecule has 5 rings (SSSR count). The van der Waals surface area contributed by atoms with E-state index in [0.717, 1.165) is 28.1 Å². The molecule has 0 radical (unpaired) electrons. The largest absolute Gasteiger partial charge is 0.490 e. The van der Waals surface area contributed by atoms with Crippen molar-refractivity contribution in [3.8, 4) is 11.5 Å². The predicted octanol–water partition coefficient (Wildman–Crippen LogP) is 7.66. The number of halogens is 2. The van der Waals surface area contributed by atoms with Gasteiger partial charge in [-0.1, -0.05) is 48.0 Å². The summed E-state index contributed by atoms with van der Waals surface area (Å²) in [6, 6.07) is 22.4. The fourth-order valence-corrected chi connectivity index (χ4v) is 6.65. The molecule has 1 fully saturated rings. The Balaban J connectivity index is 1.40. The lowest BCUT2D eigenvalue weighted by atomic mass is 10.1. The Morgan fingerprint density at radius 2 is 1.70 bits per heavy atom. The summed E-state index contributed by atoms with van der Waals surface area (Å²) in [6.07, 6.45) is 1.57. The SMILES string of the molecule is CCOc1cc(/C=C2\SC(=O)N(Cc3ccc4ccccc4c3)C2=O)cc(Br)c1OS(=O)(=O)c1ccc(Cl)cc1. The molecule has 4 aromatic carbocycles. The lowest BCUT2D eigenvalue weighted by Gasteiger charge is -2.15. The van der Waals surface area contributed by atoms with Gasteiger partial charge in [0.15, 0.2) is 11.5 Å². The van der Waals surface area contributed by atoms with Crippen LogP contribution in [-0.2, 0) is 21.5 Å². The van der Waals surface area contributed by atoms with Gasteiger partial charge in [-0.3, -0.25) is 14.5 Å². The van der Waals surface area contributed by atoms with Gasteiger partial charge in [0.25, 0.3) is 11.1 Å². The molecule has 0 aliphatic carbocycles. The van der Waals surface area contributed by atoms with Crippen molar-refractivity contribution in [3.63, 3.8) is 0 Å². The van der Waals surface area contributed by atoms with Gasteiger partial charge in [-0.2, -0.15) is 8.42 Å². The average molecular weight is 659 g/mol. The van der Waals surface area contributed by atoms with E-state index in [0.29, 0.717) is 10.6 Å². The molecule has 0 bridgehead atoms. The molecule has 0 saturated carbocycles. The van der Waals surface area contributed by atoms with Crippen LogP contribution in [-0.4, -0.2) is 31.1 Å². The summed E-state index contributed by atoms with van der Waals surface area (Å²) in [6.45, 7) is 2.13. The molecule has 204 valence electrons. The fraction of sp³-hybridized carbons (Fsp3) is 0.103. The first-order chi connectivity index (χ1) is 19.1. The van der Waals surface area contributed by atoms with Crippen LogP contribution in [0.1, 0.15) is 18.1 Å². The maximum Gasteiger partial charge on any atom is 0.339 e. The summed E-state index contributed by atoms with van der Waals surface area (Å²) in [5.74, 6) is -0.308. The second-order valence-electron chi connectivity index (χ2n) is 8.70. The van der Waals surface area contributed by atoms with Gasteiger partial charge in [0.2, 0.25) is 0 Å². The van der Waals surface area contributed by atoms with Crippen molar-refractivity contribution in [3.05, 3.63) is 104 Å². The fourth-order valence-electron chi connectivity index (χ4n) is 4.08. The van der Waals surface area contributed by atoms with Gasteiger partial charge in [-0.15, -0.1) is 0 Å². The van der Waals surface area contributed by atoms with Gasteiger partial charge in [-0.05, 0) is 105 Å². The van der Waals surface area contributed by atoms with E-state index in [1.54, 1.807) is 25.1 Å². The summed E-state index contributed by atoms with van der Waals surface area (Å²) in [5, 5.41) is 2.12. The summed E-state index contributed by atoms with van der Waals surface area (Å²) in [5.41, 5.74) is 1.36. The van der Waals surface area contributed by atoms with Gasteiger partial charge >= 0.3 is 10.1 Å². The summed E-state index contributed by atoms with van der Waals surface area (Å²) in [4.78, 5) is 27.3. The van der Waals surface area contributed by atoms with Gasteiger partial charge in [-0.25, -0.2) is 0 Å². The Bertz CT molecular complexity index is 1770. The average Bonchev–Trinajstić information content (AvgIpc) is 3.18. The minimum atomic E-state index is -4.19. The van der Waals surface area contributed by atoms with E-state index >= 15 is 0 Å². The van der Waals surface area contributed by atoms with E-state index in [9.17, 15) is 18.0 Å². The monoisotopic (exact) mass is 657 g/mol. The summed E-state index contributed by atoms with van der Waals surface area (Å²) in [7, 11) is -4.19. The normalized spacial score (nSPS) is 14.8. The van der Waals surface area contributed by atoms with Crippen molar-refractivity contribution in [2.75, 3.05) is 6.61 Å². The van der Waals surface area contributed by atoms with Crippen LogP contribution >= 0.6 is 39.3 Å². The number of thioether (sulfide) groups is 1. The third kappa shape index (κ3) is 6.05. The molecule has 0 spiro atoms. The number of imide groups is 1. The highest BCUT2D eigenvalue weighted by molar-refractivity contribution is 9.10. The number of hydrogen-bond acceptors (Lipinski definition) is 7. The van der Waals surface area contributed by atoms with E-state index in [4.69, 9.17) is 20.5 Å². The molecule has 7 nitrogen and oxygen atoms in total. The summed E-state index contributed by atoms with van der Waals surface area (Å²) >= 11 is 10.1. The number of hydrogen-bond donors (Lipinski definition) is 0. The first-order valence-corrected chi connectivity index (χ1v) is 15.4. The number of amides is 2. The highest BCUT2D eigenvalue weighted by Gasteiger charge is 2.35. The standard InChI is InChI=1S/C29H21BrClNO6S2/c1-2-37-25-15-19(14-24(30)27(25)38-40(35,36)23-11-9-22(31)10-12-23)16-26-28(33)32(29(34)39-26)17-18-7-8-20-5-3-4-6-21(20)13-18/h3-16H,2,17H2,1H3/b26-16-. The molecule has 1 saturated heterocycles. The first-order valence-electron chi connectivity index (χ1n) is 12.0. The van der Waals surface area contributed by atoms with E-state index in [-0.39, 0.29) is 44.2 Å². The number of rotatable bonds is 8. The zero-order valence-corrected chi connectivity index (χ0v) is 24.9. The molecular formula is C29H21BrClNO6S2. The van der Waals surface area contributed by atoms with Crippen molar-refractivity contribution in [2.24, 2.45) is 0 Å². The molecule has 1 aliphatic rings. The smallest absolute Gasteiger partial charge is 0.339 e. The van der Waals surface area contributed by atoms with E-state index in [2.05, 4.69) is 15.9 Å². The molecule has 1 aliphatic heterocycles. The molecule has 0 aromatic heterocycles. The Kier molecular flexibility index (Phi) is 8.23. The van der Waals surface area contributed by atoms with Crippen molar-refractivity contribution < 1.29 is 26.9 Å². The summed E-state index contributed by atoms with van der Waals surface area (Å²) < 4.78 is 37.1. The van der Waals surface area contributed by atoms with Crippen LogP contribution in [0.3, 0.4) is 0 Å². The third-order valence-corrected chi connectivity index (χ3v) is 8.94. The van der Waals surface area contributed by atoms with Crippen molar-refractivity contribution in [1.29, 1.82) is 0 Å². The Hall–Kier alpha value is -3.31. The van der Waals surface area contributed by atoms with Crippen LogP contribution in [0, 0.1) is 0 Å². The second-order valence-corrected chi connectivity index (χ2v) is 12.5. The number of carbonyl (C=O) groups excluding carboxylic acids is 2. The predicted molar refractivity (Wildman–Crippen MR) is 160 cm³/mol. The minimum absolute atomic E-state index is 0.0432. The lowest BCUT2D eigenvalue weighted by molar-refractivity contribution is -0.123. The van der Waals surface area contributed by atoms with Crippen LogP contribution in [0.5, 0.6) is 11.5 Å². The van der Waals surface area contributed by atoms with Crippen molar-refractivity contribution in [2.45, 2.75) is 18.4 Å². The van der Waals surface area contributed by atoms with E-state index in [1.807, 2.05) is 42.5 Å². The number of nitrogens with zero attached hydrogens (tertiary/aromatic N) is 1. The number of ether oxygens (including phenoxy) is 1. The van der Waals surface area contributed by atoms with Crippen LogP contribution in [0.4, 0.5) is 4.79 Å². The van der Waals surface area contributed by atoms with Crippen LogP contribution in [0.2, 0.25) is 5.02 Å². The van der Waals surface area contributed by atoms with Gasteiger partial charge in [0, 0.05) is 5.02 Å². The lowest BCUT2D eigenvalue weighted by Crippen LogP contribution is -2.27. The molecular weight excluding hydrogens is 638 g/mol. The number of carbonyl (C=O) groups is 2. The zero-order valence-electron chi connectivity index (χ0n) is 21.0. The molecule has 1 heterocycles. The molecule has 0 N–H and O–H groups in total. The van der Waals surface area contributed by atoms with Crippen molar-refractivity contribution >= 4 is 77.4 Å². The number of benzene rings is 4. The Morgan fingerprint density at radius 3 is 2.42 bits per heavy atom. The Morgan fingerprint density at radius 1 is 0.975 bits per heavy atom. The second kappa shape index (κ2) is 11.7. The van der Waals surface area contributed by atoms with E-state index < -0.39 is 16.0 Å². The maximum absolute atomic E-state index is 13.2. The molecule has 4 aromatic rings. The van der Waals surface area contributed by atoms with Gasteiger partial charge in [0.1, 0.15) is 4.90 Å². The molecule has 40 heavy (non-hydrogen) atoms. The van der Waals surface area contributed by atoms with Crippen LogP contribution in [0.15, 0.2) is 93.1 Å². The third-order valence-electron chi connectivity index (χ3n) is 5.95. The van der Waals surface area contributed by atoms with Crippen LogP contribution < -0.4 is 8.92 Å². The topological polar surface area (TPSA) is 90.0 Å². The quantitative estimate of drug-likeness (QED) is 0.142. The van der Waals surface area contributed by atoms with Crippen molar-refractivity contribution in [1.82, 2.24) is 4.90 Å². The van der Waals surface area contributed by atoms with Gasteiger partial charge < -0.3 is 8.92 Å².